The monoisotopic (exact) mass is 316 g/mol. The molecule has 0 radical (unpaired) electrons. The summed E-state index contributed by atoms with van der Waals surface area (Å²) in [5.74, 6) is 1.15. The van der Waals surface area contributed by atoms with Crippen molar-refractivity contribution in [3.63, 3.8) is 0 Å². The molecule has 5 nitrogen and oxygen atoms in total. The van der Waals surface area contributed by atoms with Crippen LogP contribution >= 0.6 is 0 Å². The van der Waals surface area contributed by atoms with Gasteiger partial charge in [0.25, 0.3) is 0 Å². The number of amides is 1. The maximum atomic E-state index is 11.5. The molecule has 1 fully saturated rings. The minimum atomic E-state index is 0.293. The third-order valence-corrected chi connectivity index (χ3v) is 3.92. The molecule has 126 valence electrons. The van der Waals surface area contributed by atoms with Crippen LogP contribution in [-0.4, -0.2) is 49.5 Å². The van der Waals surface area contributed by atoms with Crippen LogP contribution in [0.4, 0.5) is 0 Å². The van der Waals surface area contributed by atoms with Gasteiger partial charge in [-0.3, -0.25) is 9.79 Å². The molecule has 0 unspecified atom stereocenters. The first-order valence-corrected chi connectivity index (χ1v) is 8.63. The van der Waals surface area contributed by atoms with Gasteiger partial charge in [0, 0.05) is 39.1 Å². The Hall–Kier alpha value is -2.04. The molecule has 0 bridgehead atoms. The Labute approximate surface area is 139 Å². The SMILES string of the molecule is CCNC(=NCCCN1CCCC1=O)NCCc1ccccc1. The van der Waals surface area contributed by atoms with Crippen molar-refractivity contribution in [2.75, 3.05) is 32.7 Å². The molecule has 0 aromatic heterocycles. The van der Waals surface area contributed by atoms with E-state index in [2.05, 4.69) is 46.8 Å². The summed E-state index contributed by atoms with van der Waals surface area (Å²) in [6.45, 7) is 6.26. The van der Waals surface area contributed by atoms with Crippen molar-refractivity contribution in [1.82, 2.24) is 15.5 Å². The Morgan fingerprint density at radius 1 is 1.26 bits per heavy atom. The van der Waals surface area contributed by atoms with Gasteiger partial charge < -0.3 is 15.5 Å². The molecule has 1 aliphatic heterocycles. The van der Waals surface area contributed by atoms with Gasteiger partial charge >= 0.3 is 0 Å². The zero-order chi connectivity index (χ0) is 16.3. The summed E-state index contributed by atoms with van der Waals surface area (Å²) in [4.78, 5) is 18.1. The predicted molar refractivity (Wildman–Crippen MR) is 94.6 cm³/mol. The van der Waals surface area contributed by atoms with Crippen LogP contribution in [0, 0.1) is 0 Å². The topological polar surface area (TPSA) is 56.7 Å². The van der Waals surface area contributed by atoms with Crippen LogP contribution in [0.2, 0.25) is 0 Å². The quantitative estimate of drug-likeness (QED) is 0.437. The molecule has 23 heavy (non-hydrogen) atoms. The van der Waals surface area contributed by atoms with Gasteiger partial charge in [0.15, 0.2) is 5.96 Å². The summed E-state index contributed by atoms with van der Waals surface area (Å²) in [7, 11) is 0. The third kappa shape index (κ3) is 6.30. The average Bonchev–Trinajstić information content (AvgIpc) is 2.97. The molecule has 1 aliphatic rings. The van der Waals surface area contributed by atoms with Crippen LogP contribution in [0.5, 0.6) is 0 Å². The molecule has 1 aromatic rings. The smallest absolute Gasteiger partial charge is 0.222 e. The molecule has 2 N–H and O–H groups in total. The van der Waals surface area contributed by atoms with Gasteiger partial charge in [-0.05, 0) is 31.7 Å². The van der Waals surface area contributed by atoms with E-state index in [1.807, 2.05) is 11.0 Å². The number of nitrogens with one attached hydrogen (secondary N) is 2. The largest absolute Gasteiger partial charge is 0.357 e. The molecule has 1 heterocycles. The van der Waals surface area contributed by atoms with Crippen LogP contribution < -0.4 is 10.6 Å². The highest BCUT2D eigenvalue weighted by atomic mass is 16.2. The van der Waals surface area contributed by atoms with Gasteiger partial charge in [0.2, 0.25) is 5.91 Å². The van der Waals surface area contributed by atoms with E-state index in [1.165, 1.54) is 5.56 Å². The first-order chi connectivity index (χ1) is 11.3. The first-order valence-electron chi connectivity index (χ1n) is 8.63. The fraction of sp³-hybridized carbons (Fsp3) is 0.556. The van der Waals surface area contributed by atoms with Crippen molar-refractivity contribution in [2.24, 2.45) is 4.99 Å². The van der Waals surface area contributed by atoms with E-state index >= 15 is 0 Å². The summed E-state index contributed by atoms with van der Waals surface area (Å²) in [5.41, 5.74) is 1.32. The molecular formula is C18H28N4O. The normalized spacial score (nSPS) is 15.1. The van der Waals surface area contributed by atoms with E-state index in [9.17, 15) is 4.79 Å². The second-order valence-corrected chi connectivity index (χ2v) is 5.76. The van der Waals surface area contributed by atoms with Gasteiger partial charge in [-0.15, -0.1) is 0 Å². The van der Waals surface area contributed by atoms with Crippen molar-refractivity contribution in [1.29, 1.82) is 0 Å². The Kier molecular flexibility index (Phi) is 7.43. The molecule has 0 atom stereocenters. The maximum absolute atomic E-state index is 11.5. The van der Waals surface area contributed by atoms with E-state index in [-0.39, 0.29) is 0 Å². The predicted octanol–water partition coefficient (Wildman–Crippen LogP) is 1.80. The van der Waals surface area contributed by atoms with Crippen molar-refractivity contribution < 1.29 is 4.79 Å². The van der Waals surface area contributed by atoms with Gasteiger partial charge in [0.05, 0.1) is 0 Å². The van der Waals surface area contributed by atoms with E-state index in [0.717, 1.165) is 57.9 Å². The zero-order valence-electron chi connectivity index (χ0n) is 14.1. The first kappa shape index (κ1) is 17.3. The third-order valence-electron chi connectivity index (χ3n) is 3.92. The van der Waals surface area contributed by atoms with Gasteiger partial charge in [-0.2, -0.15) is 0 Å². The Balaban J connectivity index is 1.68. The van der Waals surface area contributed by atoms with E-state index in [0.29, 0.717) is 12.3 Å². The lowest BCUT2D eigenvalue weighted by Crippen LogP contribution is -2.38. The van der Waals surface area contributed by atoms with Gasteiger partial charge in [-0.25, -0.2) is 0 Å². The molecule has 1 aromatic carbocycles. The van der Waals surface area contributed by atoms with Crippen molar-refractivity contribution in [3.05, 3.63) is 35.9 Å². The molecule has 0 saturated carbocycles. The molecule has 0 spiro atoms. The number of likely N-dealkylation sites (tertiary alicyclic amines) is 1. The van der Waals surface area contributed by atoms with Crippen molar-refractivity contribution in [2.45, 2.75) is 32.6 Å². The summed E-state index contributed by atoms with van der Waals surface area (Å²) < 4.78 is 0. The highest BCUT2D eigenvalue weighted by Crippen LogP contribution is 2.09. The van der Waals surface area contributed by atoms with Crippen molar-refractivity contribution in [3.8, 4) is 0 Å². The standard InChI is InChI=1S/C18H28N4O/c1-2-19-18(21-13-11-16-8-4-3-5-9-16)20-12-7-15-22-14-6-10-17(22)23/h3-5,8-9H,2,6-7,10-15H2,1H3,(H2,19,20,21). The second kappa shape index (κ2) is 9.87. The molecule has 1 saturated heterocycles. The summed E-state index contributed by atoms with van der Waals surface area (Å²) in [6.07, 6.45) is 3.62. The highest BCUT2D eigenvalue weighted by molar-refractivity contribution is 5.79. The molecule has 1 amide bonds. The Morgan fingerprint density at radius 3 is 2.78 bits per heavy atom. The lowest BCUT2D eigenvalue weighted by molar-refractivity contribution is -0.127. The molecule has 5 heteroatoms. The highest BCUT2D eigenvalue weighted by Gasteiger charge is 2.18. The number of aliphatic imine (C=N–C) groups is 1. The van der Waals surface area contributed by atoms with Crippen molar-refractivity contribution >= 4 is 11.9 Å². The number of carbonyl (C=O) groups excluding carboxylic acids is 1. The van der Waals surface area contributed by atoms with Crippen LogP contribution in [0.1, 0.15) is 31.7 Å². The lowest BCUT2D eigenvalue weighted by Gasteiger charge is -2.15. The number of rotatable bonds is 8. The van der Waals surface area contributed by atoms with E-state index in [1.54, 1.807) is 0 Å². The number of hydrogen-bond donors (Lipinski definition) is 2. The molecule has 2 rings (SSSR count). The van der Waals surface area contributed by atoms with E-state index in [4.69, 9.17) is 0 Å². The molecular weight excluding hydrogens is 288 g/mol. The number of nitrogens with zero attached hydrogens (tertiary/aromatic N) is 2. The zero-order valence-corrected chi connectivity index (χ0v) is 14.1. The van der Waals surface area contributed by atoms with Crippen LogP contribution in [-0.2, 0) is 11.2 Å². The van der Waals surface area contributed by atoms with Crippen LogP contribution in [0.15, 0.2) is 35.3 Å². The fourth-order valence-electron chi connectivity index (χ4n) is 2.70. The van der Waals surface area contributed by atoms with Gasteiger partial charge in [-0.1, -0.05) is 30.3 Å². The molecule has 0 aliphatic carbocycles. The fourth-order valence-corrected chi connectivity index (χ4v) is 2.70. The van der Waals surface area contributed by atoms with Crippen LogP contribution in [0.25, 0.3) is 0 Å². The number of benzene rings is 1. The number of carbonyl (C=O) groups is 1. The van der Waals surface area contributed by atoms with Crippen LogP contribution in [0.3, 0.4) is 0 Å². The minimum Gasteiger partial charge on any atom is -0.357 e. The maximum Gasteiger partial charge on any atom is 0.222 e. The average molecular weight is 316 g/mol. The second-order valence-electron chi connectivity index (χ2n) is 5.76. The Bertz CT molecular complexity index is 501. The summed E-state index contributed by atoms with van der Waals surface area (Å²) >= 11 is 0. The minimum absolute atomic E-state index is 0.293. The summed E-state index contributed by atoms with van der Waals surface area (Å²) in [6, 6.07) is 10.4. The van der Waals surface area contributed by atoms with E-state index < -0.39 is 0 Å². The van der Waals surface area contributed by atoms with Gasteiger partial charge in [0.1, 0.15) is 0 Å². The summed E-state index contributed by atoms with van der Waals surface area (Å²) in [5, 5.41) is 6.63. The number of guanidine groups is 1. The lowest BCUT2D eigenvalue weighted by atomic mass is 10.1. The number of hydrogen-bond acceptors (Lipinski definition) is 2. The Morgan fingerprint density at radius 2 is 2.09 bits per heavy atom.